The van der Waals surface area contributed by atoms with Gasteiger partial charge in [0.15, 0.2) is 0 Å². The second-order valence-electron chi connectivity index (χ2n) is 5.67. The SMILES string of the molecule is CCC(=O)N1CCC(c2cc(C)c(C)c(OC)c2)CC1. The molecule has 20 heavy (non-hydrogen) atoms. The molecule has 3 nitrogen and oxygen atoms in total. The van der Waals surface area contributed by atoms with E-state index < -0.39 is 0 Å². The average Bonchev–Trinajstić information content (AvgIpc) is 2.49. The fourth-order valence-electron chi connectivity index (χ4n) is 2.99. The number of likely N-dealkylation sites (tertiary alicyclic amines) is 1. The number of carbonyl (C=O) groups excluding carboxylic acids is 1. The van der Waals surface area contributed by atoms with Crippen LogP contribution in [-0.2, 0) is 4.79 Å². The predicted molar refractivity (Wildman–Crippen MR) is 81.3 cm³/mol. The molecule has 1 heterocycles. The van der Waals surface area contributed by atoms with Gasteiger partial charge < -0.3 is 9.64 Å². The molecule has 0 N–H and O–H groups in total. The number of aryl methyl sites for hydroxylation is 1. The van der Waals surface area contributed by atoms with E-state index in [1.54, 1.807) is 7.11 Å². The van der Waals surface area contributed by atoms with E-state index in [1.807, 2.05) is 11.8 Å². The fraction of sp³-hybridized carbons (Fsp3) is 0.588. The lowest BCUT2D eigenvalue weighted by Crippen LogP contribution is -2.37. The van der Waals surface area contributed by atoms with Gasteiger partial charge in [-0.15, -0.1) is 0 Å². The van der Waals surface area contributed by atoms with Crippen LogP contribution in [0.25, 0.3) is 0 Å². The first-order valence-electron chi connectivity index (χ1n) is 7.49. The lowest BCUT2D eigenvalue weighted by Gasteiger charge is -2.32. The largest absolute Gasteiger partial charge is 0.496 e. The van der Waals surface area contributed by atoms with E-state index in [1.165, 1.54) is 16.7 Å². The quantitative estimate of drug-likeness (QED) is 0.846. The van der Waals surface area contributed by atoms with Crippen LogP contribution < -0.4 is 4.74 Å². The minimum Gasteiger partial charge on any atom is -0.496 e. The van der Waals surface area contributed by atoms with Crippen LogP contribution in [0.5, 0.6) is 5.75 Å². The van der Waals surface area contributed by atoms with Crippen LogP contribution in [0.15, 0.2) is 12.1 Å². The summed E-state index contributed by atoms with van der Waals surface area (Å²) in [5.41, 5.74) is 3.86. The molecule has 0 bridgehead atoms. The zero-order chi connectivity index (χ0) is 14.7. The van der Waals surface area contributed by atoms with Crippen molar-refractivity contribution in [1.82, 2.24) is 4.90 Å². The van der Waals surface area contributed by atoms with Gasteiger partial charge in [0.1, 0.15) is 5.75 Å². The van der Waals surface area contributed by atoms with Crippen LogP contribution in [0.3, 0.4) is 0 Å². The smallest absolute Gasteiger partial charge is 0.222 e. The summed E-state index contributed by atoms with van der Waals surface area (Å²) in [7, 11) is 1.73. The Morgan fingerprint density at radius 2 is 1.95 bits per heavy atom. The summed E-state index contributed by atoms with van der Waals surface area (Å²) in [5, 5.41) is 0. The molecule has 0 saturated carbocycles. The summed E-state index contributed by atoms with van der Waals surface area (Å²) >= 11 is 0. The zero-order valence-corrected chi connectivity index (χ0v) is 13.0. The highest BCUT2D eigenvalue weighted by molar-refractivity contribution is 5.75. The highest BCUT2D eigenvalue weighted by Gasteiger charge is 2.23. The number of methoxy groups -OCH3 is 1. The van der Waals surface area contributed by atoms with E-state index in [0.717, 1.165) is 31.7 Å². The number of hydrogen-bond donors (Lipinski definition) is 0. The van der Waals surface area contributed by atoms with E-state index in [2.05, 4.69) is 26.0 Å². The number of piperidine rings is 1. The molecular formula is C17H25NO2. The Morgan fingerprint density at radius 3 is 2.50 bits per heavy atom. The second kappa shape index (κ2) is 6.29. The molecular weight excluding hydrogens is 250 g/mol. The van der Waals surface area contributed by atoms with Crippen molar-refractivity contribution in [3.8, 4) is 5.75 Å². The summed E-state index contributed by atoms with van der Waals surface area (Å²) in [6, 6.07) is 4.45. The van der Waals surface area contributed by atoms with Gasteiger partial charge in [0, 0.05) is 19.5 Å². The molecule has 110 valence electrons. The van der Waals surface area contributed by atoms with Crippen molar-refractivity contribution in [2.75, 3.05) is 20.2 Å². The Balaban J connectivity index is 2.11. The van der Waals surface area contributed by atoms with Crippen LogP contribution in [0, 0.1) is 13.8 Å². The van der Waals surface area contributed by atoms with E-state index in [9.17, 15) is 4.79 Å². The first-order chi connectivity index (χ1) is 9.56. The van der Waals surface area contributed by atoms with Crippen molar-refractivity contribution >= 4 is 5.91 Å². The molecule has 1 aliphatic heterocycles. The summed E-state index contributed by atoms with van der Waals surface area (Å²) in [6.07, 6.45) is 2.72. The molecule has 1 aliphatic rings. The maximum atomic E-state index is 11.7. The van der Waals surface area contributed by atoms with Crippen LogP contribution in [0.2, 0.25) is 0 Å². The van der Waals surface area contributed by atoms with Gasteiger partial charge in [-0.3, -0.25) is 4.79 Å². The molecule has 2 rings (SSSR count). The number of nitrogens with zero attached hydrogens (tertiary/aromatic N) is 1. The molecule has 1 fully saturated rings. The topological polar surface area (TPSA) is 29.5 Å². The fourth-order valence-corrected chi connectivity index (χ4v) is 2.99. The Morgan fingerprint density at radius 1 is 1.30 bits per heavy atom. The Hall–Kier alpha value is -1.51. The molecule has 0 aromatic heterocycles. The van der Waals surface area contributed by atoms with Crippen molar-refractivity contribution in [3.05, 3.63) is 28.8 Å². The maximum absolute atomic E-state index is 11.7. The summed E-state index contributed by atoms with van der Waals surface area (Å²) in [4.78, 5) is 13.7. The average molecular weight is 275 g/mol. The third-order valence-corrected chi connectivity index (χ3v) is 4.48. The van der Waals surface area contributed by atoms with Gasteiger partial charge >= 0.3 is 0 Å². The molecule has 3 heteroatoms. The normalized spacial score (nSPS) is 16.3. The molecule has 0 unspecified atom stereocenters. The monoisotopic (exact) mass is 275 g/mol. The van der Waals surface area contributed by atoms with Crippen LogP contribution in [0.4, 0.5) is 0 Å². The molecule has 0 radical (unpaired) electrons. The van der Waals surface area contributed by atoms with Crippen molar-refractivity contribution in [1.29, 1.82) is 0 Å². The first kappa shape index (κ1) is 14.9. The minimum absolute atomic E-state index is 0.279. The molecule has 1 aromatic rings. The number of ether oxygens (including phenoxy) is 1. The van der Waals surface area contributed by atoms with Gasteiger partial charge in [-0.2, -0.15) is 0 Å². The van der Waals surface area contributed by atoms with Crippen molar-refractivity contribution in [2.24, 2.45) is 0 Å². The van der Waals surface area contributed by atoms with Gasteiger partial charge in [0.2, 0.25) is 5.91 Å². The molecule has 1 saturated heterocycles. The van der Waals surface area contributed by atoms with Crippen molar-refractivity contribution < 1.29 is 9.53 Å². The van der Waals surface area contributed by atoms with Gasteiger partial charge in [0.25, 0.3) is 0 Å². The van der Waals surface area contributed by atoms with Crippen molar-refractivity contribution in [3.63, 3.8) is 0 Å². The molecule has 0 atom stereocenters. The first-order valence-corrected chi connectivity index (χ1v) is 7.49. The number of amides is 1. The van der Waals surface area contributed by atoms with Gasteiger partial charge in [-0.1, -0.05) is 13.0 Å². The minimum atomic E-state index is 0.279. The van der Waals surface area contributed by atoms with Gasteiger partial charge in [0.05, 0.1) is 7.11 Å². The van der Waals surface area contributed by atoms with Crippen molar-refractivity contribution in [2.45, 2.75) is 46.0 Å². The number of carbonyl (C=O) groups is 1. The van der Waals surface area contributed by atoms with Crippen LogP contribution in [-0.4, -0.2) is 31.0 Å². The molecule has 1 amide bonds. The summed E-state index contributed by atoms with van der Waals surface area (Å²) in [6.45, 7) is 7.93. The molecule has 0 aliphatic carbocycles. The summed E-state index contributed by atoms with van der Waals surface area (Å²) < 4.78 is 5.47. The zero-order valence-electron chi connectivity index (χ0n) is 13.0. The Labute approximate surface area is 121 Å². The number of benzene rings is 1. The van der Waals surface area contributed by atoms with E-state index in [0.29, 0.717) is 12.3 Å². The second-order valence-corrected chi connectivity index (χ2v) is 5.67. The van der Waals surface area contributed by atoms with Crippen LogP contribution >= 0.6 is 0 Å². The predicted octanol–water partition coefficient (Wildman–Crippen LogP) is 3.43. The number of rotatable bonds is 3. The third-order valence-electron chi connectivity index (χ3n) is 4.48. The van der Waals surface area contributed by atoms with Gasteiger partial charge in [-0.25, -0.2) is 0 Å². The van der Waals surface area contributed by atoms with E-state index >= 15 is 0 Å². The highest BCUT2D eigenvalue weighted by Crippen LogP contribution is 2.33. The Bertz CT molecular complexity index is 488. The maximum Gasteiger partial charge on any atom is 0.222 e. The highest BCUT2D eigenvalue weighted by atomic mass is 16.5. The molecule has 1 aromatic carbocycles. The third kappa shape index (κ3) is 2.97. The standard InChI is InChI=1S/C17H25NO2/c1-5-17(19)18-8-6-14(7-9-18)15-10-12(2)13(3)16(11-15)20-4/h10-11,14H,5-9H2,1-4H3. The van der Waals surface area contributed by atoms with E-state index in [4.69, 9.17) is 4.74 Å². The van der Waals surface area contributed by atoms with Gasteiger partial charge in [-0.05, 0) is 55.4 Å². The lowest BCUT2D eigenvalue weighted by atomic mass is 9.87. The lowest BCUT2D eigenvalue weighted by molar-refractivity contribution is -0.131. The van der Waals surface area contributed by atoms with Crippen LogP contribution in [0.1, 0.15) is 48.8 Å². The number of hydrogen-bond acceptors (Lipinski definition) is 2. The molecule has 0 spiro atoms. The van der Waals surface area contributed by atoms with E-state index in [-0.39, 0.29) is 5.91 Å². The summed E-state index contributed by atoms with van der Waals surface area (Å²) in [5.74, 6) is 1.80. The Kier molecular flexibility index (Phi) is 4.69.